The molecule has 0 amide bonds. The van der Waals surface area contributed by atoms with Crippen LogP contribution in [0.3, 0.4) is 0 Å². The van der Waals surface area contributed by atoms with E-state index in [2.05, 4.69) is 146 Å². The van der Waals surface area contributed by atoms with Gasteiger partial charge in [-0.15, -0.1) is 11.3 Å². The van der Waals surface area contributed by atoms with E-state index in [4.69, 9.17) is 19.4 Å². The lowest BCUT2D eigenvalue weighted by atomic mass is 9.92. The number of aromatic nitrogens is 3. The molecule has 3 heterocycles. The van der Waals surface area contributed by atoms with Crippen molar-refractivity contribution in [2.45, 2.75) is 0 Å². The summed E-state index contributed by atoms with van der Waals surface area (Å²) in [5.74, 6) is 1.93. The Labute approximate surface area is 302 Å². The molecule has 11 aromatic rings. The van der Waals surface area contributed by atoms with E-state index in [1.54, 1.807) is 11.3 Å². The van der Waals surface area contributed by atoms with Gasteiger partial charge in [0.2, 0.25) is 0 Å². The van der Waals surface area contributed by atoms with Gasteiger partial charge >= 0.3 is 0 Å². The van der Waals surface area contributed by atoms with E-state index < -0.39 is 0 Å². The summed E-state index contributed by atoms with van der Waals surface area (Å²) in [5, 5.41) is 9.27. The van der Waals surface area contributed by atoms with E-state index in [9.17, 15) is 0 Å². The average molecular weight is 682 g/mol. The van der Waals surface area contributed by atoms with Crippen molar-refractivity contribution in [1.82, 2.24) is 15.0 Å². The highest BCUT2D eigenvalue weighted by Crippen LogP contribution is 2.42. The van der Waals surface area contributed by atoms with Crippen LogP contribution in [-0.4, -0.2) is 15.0 Å². The largest absolute Gasteiger partial charge is 0.456 e. The smallest absolute Gasteiger partial charge is 0.164 e. The molecular formula is C47H27N3OS. The summed E-state index contributed by atoms with van der Waals surface area (Å²) < 4.78 is 8.76. The minimum atomic E-state index is 0.638. The first kappa shape index (κ1) is 29.1. The van der Waals surface area contributed by atoms with Gasteiger partial charge in [0.15, 0.2) is 17.5 Å². The zero-order valence-corrected chi connectivity index (χ0v) is 28.6. The Bertz CT molecular complexity index is 3210. The van der Waals surface area contributed by atoms with E-state index in [0.717, 1.165) is 65.9 Å². The Balaban J connectivity index is 1.14. The Kier molecular flexibility index (Phi) is 6.39. The molecule has 3 aromatic heterocycles. The third-order valence-corrected chi connectivity index (χ3v) is 11.3. The monoisotopic (exact) mass is 681 g/mol. The zero-order chi connectivity index (χ0) is 34.2. The van der Waals surface area contributed by atoms with Crippen LogP contribution < -0.4 is 0 Å². The van der Waals surface area contributed by atoms with Crippen molar-refractivity contribution < 1.29 is 4.42 Å². The maximum absolute atomic E-state index is 6.27. The maximum Gasteiger partial charge on any atom is 0.164 e. The number of fused-ring (bicyclic) bond motifs is 8. The molecule has 0 fully saturated rings. The predicted octanol–water partition coefficient (Wildman–Crippen LogP) is 13.1. The van der Waals surface area contributed by atoms with Crippen molar-refractivity contribution in [3.8, 4) is 45.3 Å². The Morgan fingerprint density at radius 1 is 0.365 bits per heavy atom. The van der Waals surface area contributed by atoms with Gasteiger partial charge in [0.25, 0.3) is 0 Å². The molecule has 0 unspecified atom stereocenters. The van der Waals surface area contributed by atoms with Gasteiger partial charge in [0.1, 0.15) is 11.2 Å². The molecule has 11 rings (SSSR count). The fourth-order valence-corrected chi connectivity index (χ4v) is 8.82. The van der Waals surface area contributed by atoms with Crippen LogP contribution in [0.15, 0.2) is 168 Å². The molecule has 52 heavy (non-hydrogen) atoms. The molecular weight excluding hydrogens is 655 g/mol. The number of para-hydroxylation sites is 1. The van der Waals surface area contributed by atoms with Crippen LogP contribution in [0.1, 0.15) is 0 Å². The van der Waals surface area contributed by atoms with Gasteiger partial charge < -0.3 is 4.42 Å². The molecule has 0 aliphatic carbocycles. The second-order valence-electron chi connectivity index (χ2n) is 13.2. The molecule has 0 spiro atoms. The van der Waals surface area contributed by atoms with Crippen LogP contribution in [0, 0.1) is 0 Å². The zero-order valence-electron chi connectivity index (χ0n) is 27.7. The second-order valence-corrected chi connectivity index (χ2v) is 14.2. The number of hydrogen-bond donors (Lipinski definition) is 0. The molecule has 4 nitrogen and oxygen atoms in total. The lowest BCUT2D eigenvalue weighted by Crippen LogP contribution is -2.01. The van der Waals surface area contributed by atoms with Crippen LogP contribution in [0.5, 0.6) is 0 Å². The first-order valence-corrected chi connectivity index (χ1v) is 18.2. The Hall–Kier alpha value is -6.69. The van der Waals surface area contributed by atoms with Crippen LogP contribution in [0.2, 0.25) is 0 Å². The number of benzene rings is 8. The fourth-order valence-electron chi connectivity index (χ4n) is 7.68. The molecule has 8 aromatic carbocycles. The van der Waals surface area contributed by atoms with Gasteiger partial charge in [-0.05, 0) is 69.1 Å². The minimum absolute atomic E-state index is 0.638. The van der Waals surface area contributed by atoms with Gasteiger partial charge in [-0.2, -0.15) is 0 Å². The summed E-state index contributed by atoms with van der Waals surface area (Å²) in [4.78, 5) is 15.6. The number of rotatable bonds is 4. The van der Waals surface area contributed by atoms with E-state index in [0.29, 0.717) is 17.5 Å². The van der Waals surface area contributed by atoms with E-state index in [-0.39, 0.29) is 0 Å². The van der Waals surface area contributed by atoms with Crippen molar-refractivity contribution in [3.05, 3.63) is 164 Å². The topological polar surface area (TPSA) is 51.8 Å². The molecule has 242 valence electrons. The van der Waals surface area contributed by atoms with Crippen LogP contribution in [0.25, 0.3) is 109 Å². The highest BCUT2D eigenvalue weighted by atomic mass is 32.1. The summed E-state index contributed by atoms with van der Waals surface area (Å²) in [6.45, 7) is 0. The van der Waals surface area contributed by atoms with Crippen LogP contribution in [0.4, 0.5) is 0 Å². The van der Waals surface area contributed by atoms with Gasteiger partial charge in [-0.1, -0.05) is 127 Å². The molecule has 0 aliphatic rings. The number of furan rings is 1. The molecule has 0 N–H and O–H groups in total. The first-order valence-electron chi connectivity index (χ1n) is 17.3. The van der Waals surface area contributed by atoms with Crippen molar-refractivity contribution >= 4 is 75.0 Å². The Morgan fingerprint density at radius 2 is 0.981 bits per heavy atom. The lowest BCUT2D eigenvalue weighted by molar-refractivity contribution is 0.669. The Morgan fingerprint density at radius 3 is 1.85 bits per heavy atom. The number of nitrogens with zero attached hydrogens (tertiary/aromatic N) is 3. The predicted molar refractivity (Wildman–Crippen MR) is 217 cm³/mol. The van der Waals surface area contributed by atoms with Crippen molar-refractivity contribution in [3.63, 3.8) is 0 Å². The van der Waals surface area contributed by atoms with Gasteiger partial charge in [-0.3, -0.25) is 0 Å². The van der Waals surface area contributed by atoms with Gasteiger partial charge in [0.05, 0.1) is 0 Å². The quantitative estimate of drug-likeness (QED) is 0.185. The maximum atomic E-state index is 6.27. The summed E-state index contributed by atoms with van der Waals surface area (Å²) in [7, 11) is 0. The van der Waals surface area contributed by atoms with Gasteiger partial charge in [0, 0.05) is 47.6 Å². The van der Waals surface area contributed by atoms with Crippen LogP contribution >= 0.6 is 11.3 Å². The minimum Gasteiger partial charge on any atom is -0.456 e. The van der Waals surface area contributed by atoms with E-state index in [1.165, 1.54) is 25.6 Å². The summed E-state index contributed by atoms with van der Waals surface area (Å²) in [5.41, 5.74) is 6.90. The molecule has 0 saturated heterocycles. The van der Waals surface area contributed by atoms with Crippen molar-refractivity contribution in [2.75, 3.05) is 0 Å². The summed E-state index contributed by atoms with van der Waals surface area (Å²) in [6.07, 6.45) is 0. The second kappa shape index (κ2) is 11.4. The van der Waals surface area contributed by atoms with Crippen molar-refractivity contribution in [1.29, 1.82) is 0 Å². The highest BCUT2D eigenvalue weighted by molar-refractivity contribution is 7.25. The number of hydrogen-bond acceptors (Lipinski definition) is 5. The number of thiophene rings is 1. The highest BCUT2D eigenvalue weighted by Gasteiger charge is 2.19. The molecule has 5 heteroatoms. The first-order chi connectivity index (χ1) is 25.7. The molecule has 0 bridgehead atoms. The molecule has 0 radical (unpaired) electrons. The third kappa shape index (κ3) is 4.57. The fraction of sp³-hybridized carbons (Fsp3) is 0. The average Bonchev–Trinajstić information content (AvgIpc) is 3.78. The normalized spacial score (nSPS) is 11.8. The SMILES string of the molecule is c1ccc2cc(-c3nc(-c4ccc5c(c4)sc4ccccc45)nc(-c4ccc(-c5cccc6oc7ccccc7c56)c5ccccc45)n3)ccc2c1. The van der Waals surface area contributed by atoms with E-state index >= 15 is 0 Å². The molecule has 0 saturated carbocycles. The third-order valence-electron chi connectivity index (χ3n) is 10.1. The summed E-state index contributed by atoms with van der Waals surface area (Å²) in [6, 6.07) is 57.4. The van der Waals surface area contributed by atoms with Crippen LogP contribution in [-0.2, 0) is 0 Å². The standard InChI is InChI=1S/C47H27N3OS/c1-2-11-29-26-30(21-20-28(29)10-1)45-48-46(31-22-23-36-35-14-6-8-19-42(35)52-43(36)27-31)50-47(49-45)38-25-24-34(32-12-3-4-13-33(32)38)37-16-9-18-41-44(37)39-15-5-7-17-40(39)51-41/h1-27H. The van der Waals surface area contributed by atoms with Crippen molar-refractivity contribution in [2.24, 2.45) is 0 Å². The lowest BCUT2D eigenvalue weighted by Gasteiger charge is -2.14. The van der Waals surface area contributed by atoms with E-state index in [1.807, 2.05) is 18.2 Å². The molecule has 0 atom stereocenters. The summed E-state index contributed by atoms with van der Waals surface area (Å²) >= 11 is 1.80. The molecule has 0 aliphatic heterocycles. The van der Waals surface area contributed by atoms with Gasteiger partial charge in [-0.25, -0.2) is 15.0 Å².